The first-order valence-corrected chi connectivity index (χ1v) is 6.89. The van der Waals surface area contributed by atoms with Gasteiger partial charge in [-0.1, -0.05) is 12.1 Å². The fraction of sp³-hybridized carbons (Fsp3) is 0.133. The maximum atomic E-state index is 11.9. The van der Waals surface area contributed by atoms with Gasteiger partial charge in [0.05, 0.1) is 4.47 Å². The molecule has 2 aromatic rings. The van der Waals surface area contributed by atoms with Crippen LogP contribution >= 0.6 is 15.9 Å². The lowest BCUT2D eigenvalue weighted by Gasteiger charge is -2.10. The number of amides is 1. The zero-order chi connectivity index (χ0) is 14.5. The monoisotopic (exact) mass is 334 g/mol. The molecule has 5 heteroatoms. The van der Waals surface area contributed by atoms with E-state index in [9.17, 15) is 4.79 Å². The summed E-state index contributed by atoms with van der Waals surface area (Å²) < 4.78 is 6.27. The van der Waals surface area contributed by atoms with Crippen molar-refractivity contribution in [3.8, 4) is 5.75 Å². The Hall–Kier alpha value is -2.01. The Morgan fingerprint density at radius 2 is 2.05 bits per heavy atom. The van der Waals surface area contributed by atoms with Gasteiger partial charge in [0.2, 0.25) is 0 Å². The molecule has 4 nitrogen and oxygen atoms in total. The molecule has 0 fully saturated rings. The number of carbonyl (C=O) groups excluding carboxylic acids is 1. The molecule has 0 aliphatic heterocycles. The molecule has 0 heterocycles. The first-order chi connectivity index (χ1) is 9.56. The topological polar surface area (TPSA) is 64.3 Å². The van der Waals surface area contributed by atoms with Gasteiger partial charge in [-0.2, -0.15) is 0 Å². The molecule has 0 spiro atoms. The molecular weight excluding hydrogens is 320 g/mol. The van der Waals surface area contributed by atoms with Crippen LogP contribution in [0.1, 0.15) is 5.56 Å². The Morgan fingerprint density at radius 3 is 2.75 bits per heavy atom. The van der Waals surface area contributed by atoms with E-state index < -0.39 is 0 Å². The van der Waals surface area contributed by atoms with Gasteiger partial charge in [-0.25, -0.2) is 0 Å². The number of halogens is 1. The zero-order valence-electron chi connectivity index (χ0n) is 11.0. The first-order valence-electron chi connectivity index (χ1n) is 6.09. The van der Waals surface area contributed by atoms with Crippen LogP contribution in [0.4, 0.5) is 11.4 Å². The van der Waals surface area contributed by atoms with E-state index in [1.165, 1.54) is 0 Å². The van der Waals surface area contributed by atoms with E-state index in [2.05, 4.69) is 21.2 Å². The van der Waals surface area contributed by atoms with Crippen LogP contribution in [-0.2, 0) is 4.79 Å². The molecule has 2 aromatic carbocycles. The summed E-state index contributed by atoms with van der Waals surface area (Å²) in [6.07, 6.45) is 0. The number of benzene rings is 2. The van der Waals surface area contributed by atoms with E-state index in [0.29, 0.717) is 11.4 Å². The molecule has 0 unspecified atom stereocenters. The molecule has 0 saturated heterocycles. The maximum absolute atomic E-state index is 11.9. The molecule has 0 aliphatic rings. The van der Waals surface area contributed by atoms with E-state index in [0.717, 1.165) is 15.7 Å². The number of hydrogen-bond acceptors (Lipinski definition) is 3. The molecule has 0 bridgehead atoms. The third kappa shape index (κ3) is 3.74. The molecule has 3 N–H and O–H groups in total. The predicted octanol–water partition coefficient (Wildman–Crippen LogP) is 3.36. The summed E-state index contributed by atoms with van der Waals surface area (Å²) in [5.41, 5.74) is 7.99. The van der Waals surface area contributed by atoms with Gasteiger partial charge in [0, 0.05) is 11.4 Å². The van der Waals surface area contributed by atoms with Crippen LogP contribution in [0.5, 0.6) is 5.75 Å². The lowest BCUT2D eigenvalue weighted by molar-refractivity contribution is -0.118. The van der Waals surface area contributed by atoms with Crippen molar-refractivity contribution < 1.29 is 9.53 Å². The highest BCUT2D eigenvalue weighted by Gasteiger charge is 2.07. The molecule has 0 aliphatic carbocycles. The fourth-order valence-corrected chi connectivity index (χ4v) is 2.12. The second-order valence-corrected chi connectivity index (χ2v) is 5.20. The Balaban J connectivity index is 1.94. The normalized spacial score (nSPS) is 10.1. The van der Waals surface area contributed by atoms with Crippen LogP contribution in [0.3, 0.4) is 0 Å². The summed E-state index contributed by atoms with van der Waals surface area (Å²) >= 11 is 3.36. The lowest BCUT2D eigenvalue weighted by atomic mass is 10.2. The second kappa shape index (κ2) is 6.43. The summed E-state index contributed by atoms with van der Waals surface area (Å²) in [4.78, 5) is 11.9. The Labute approximate surface area is 126 Å². The summed E-state index contributed by atoms with van der Waals surface area (Å²) in [7, 11) is 0. The van der Waals surface area contributed by atoms with Gasteiger partial charge >= 0.3 is 0 Å². The van der Waals surface area contributed by atoms with Crippen LogP contribution < -0.4 is 15.8 Å². The number of nitrogen functional groups attached to an aromatic ring is 1. The Kier molecular flexibility index (Phi) is 4.63. The minimum absolute atomic E-state index is 0.0492. The average molecular weight is 335 g/mol. The predicted molar refractivity (Wildman–Crippen MR) is 83.9 cm³/mol. The van der Waals surface area contributed by atoms with Gasteiger partial charge in [-0.15, -0.1) is 0 Å². The van der Waals surface area contributed by atoms with Gasteiger partial charge in [0.25, 0.3) is 5.91 Å². The number of nitrogens with two attached hydrogens (primary N) is 1. The number of ether oxygens (including phenoxy) is 1. The molecule has 104 valence electrons. The maximum Gasteiger partial charge on any atom is 0.262 e. The van der Waals surface area contributed by atoms with E-state index in [1.54, 1.807) is 18.2 Å². The van der Waals surface area contributed by atoms with Crippen LogP contribution in [0.2, 0.25) is 0 Å². The van der Waals surface area contributed by atoms with Crippen molar-refractivity contribution in [2.45, 2.75) is 6.92 Å². The van der Waals surface area contributed by atoms with Gasteiger partial charge in [0.1, 0.15) is 5.75 Å². The smallest absolute Gasteiger partial charge is 0.262 e. The van der Waals surface area contributed by atoms with Crippen molar-refractivity contribution in [3.63, 3.8) is 0 Å². The lowest BCUT2D eigenvalue weighted by Crippen LogP contribution is -2.20. The van der Waals surface area contributed by atoms with Crippen LogP contribution in [-0.4, -0.2) is 12.5 Å². The molecule has 2 rings (SSSR count). The molecular formula is C15H15BrN2O2. The van der Waals surface area contributed by atoms with Crippen molar-refractivity contribution in [2.75, 3.05) is 17.7 Å². The quantitative estimate of drug-likeness (QED) is 0.842. The molecule has 0 atom stereocenters. The Morgan fingerprint density at radius 1 is 1.30 bits per heavy atom. The van der Waals surface area contributed by atoms with Crippen molar-refractivity contribution in [1.82, 2.24) is 0 Å². The first kappa shape index (κ1) is 14.4. The molecule has 0 aromatic heterocycles. The molecule has 0 saturated carbocycles. The van der Waals surface area contributed by atoms with Crippen molar-refractivity contribution in [3.05, 3.63) is 52.5 Å². The third-order valence-electron chi connectivity index (χ3n) is 2.72. The fourth-order valence-electron chi connectivity index (χ4n) is 1.72. The minimum atomic E-state index is -0.214. The van der Waals surface area contributed by atoms with Crippen molar-refractivity contribution >= 4 is 33.2 Å². The van der Waals surface area contributed by atoms with Crippen molar-refractivity contribution in [2.24, 2.45) is 0 Å². The number of anilines is 2. The van der Waals surface area contributed by atoms with E-state index in [1.807, 2.05) is 31.2 Å². The van der Waals surface area contributed by atoms with Crippen LogP contribution in [0, 0.1) is 6.92 Å². The van der Waals surface area contributed by atoms with E-state index in [-0.39, 0.29) is 12.5 Å². The van der Waals surface area contributed by atoms with Crippen LogP contribution in [0.25, 0.3) is 0 Å². The largest absolute Gasteiger partial charge is 0.483 e. The highest BCUT2D eigenvalue weighted by atomic mass is 79.9. The number of aryl methyl sites for hydroxylation is 1. The SMILES string of the molecule is Cc1cc(N)ccc1NC(=O)COc1ccccc1Br. The number of nitrogens with one attached hydrogen (secondary N) is 1. The summed E-state index contributed by atoms with van der Waals surface area (Å²) in [5, 5.41) is 2.79. The van der Waals surface area contributed by atoms with Crippen molar-refractivity contribution in [1.29, 1.82) is 0 Å². The Bertz CT molecular complexity index is 629. The zero-order valence-corrected chi connectivity index (χ0v) is 12.6. The molecule has 0 radical (unpaired) electrons. The van der Waals surface area contributed by atoms with Gasteiger partial charge in [-0.05, 0) is 58.7 Å². The van der Waals surface area contributed by atoms with E-state index in [4.69, 9.17) is 10.5 Å². The average Bonchev–Trinajstić information content (AvgIpc) is 2.41. The number of para-hydroxylation sites is 1. The summed E-state index contributed by atoms with van der Waals surface area (Å²) in [5.74, 6) is 0.422. The summed E-state index contributed by atoms with van der Waals surface area (Å²) in [6.45, 7) is 1.84. The number of carbonyl (C=O) groups is 1. The summed E-state index contributed by atoms with van der Waals surface area (Å²) in [6, 6.07) is 12.7. The van der Waals surface area contributed by atoms with Gasteiger partial charge in [0.15, 0.2) is 6.61 Å². The number of rotatable bonds is 4. The van der Waals surface area contributed by atoms with Crippen LogP contribution in [0.15, 0.2) is 46.9 Å². The highest BCUT2D eigenvalue weighted by Crippen LogP contribution is 2.23. The van der Waals surface area contributed by atoms with Gasteiger partial charge in [-0.3, -0.25) is 4.79 Å². The second-order valence-electron chi connectivity index (χ2n) is 4.34. The third-order valence-corrected chi connectivity index (χ3v) is 3.38. The molecule has 1 amide bonds. The highest BCUT2D eigenvalue weighted by molar-refractivity contribution is 9.10. The minimum Gasteiger partial charge on any atom is -0.483 e. The van der Waals surface area contributed by atoms with E-state index >= 15 is 0 Å². The number of hydrogen-bond donors (Lipinski definition) is 2. The standard InChI is InChI=1S/C15H15BrN2O2/c1-10-8-11(17)6-7-13(10)18-15(19)9-20-14-5-3-2-4-12(14)16/h2-8H,9,17H2,1H3,(H,18,19). The van der Waals surface area contributed by atoms with Gasteiger partial charge < -0.3 is 15.8 Å². The molecule has 20 heavy (non-hydrogen) atoms.